The Hall–Kier alpha value is -0.133. The molecule has 1 aromatic heterocycles. The number of alkyl halides is 1. The Morgan fingerprint density at radius 2 is 2.40 bits per heavy atom. The molecule has 0 saturated carbocycles. The number of nitrogens with one attached hydrogen (secondary N) is 1. The van der Waals surface area contributed by atoms with Gasteiger partial charge in [0.15, 0.2) is 0 Å². The standard InChI is InChI=1S/C10H9Cl2N2.Li/c1-10(9-13-4-5-14-9)3-2-7(11)6-8(10)12;/h2-6,8H,1H2,(H,13,14);. The van der Waals surface area contributed by atoms with Gasteiger partial charge in [-0.05, 0) is 0 Å². The summed E-state index contributed by atoms with van der Waals surface area (Å²) in [6, 6.07) is 0. The third-order valence-corrected chi connectivity index (χ3v) is 3.63. The predicted octanol–water partition coefficient (Wildman–Crippen LogP) is 2.53. The van der Waals surface area contributed by atoms with Crippen molar-refractivity contribution in [3.05, 3.63) is 41.5 Å². The first-order chi connectivity index (χ1) is 7.19. The van der Waals surface area contributed by atoms with Crippen molar-refractivity contribution in [2.45, 2.75) is 15.9 Å². The fourth-order valence-electron chi connectivity index (χ4n) is 1.87. The number of aromatic amines is 1. The Morgan fingerprint density at radius 1 is 1.60 bits per heavy atom. The molecule has 0 amide bonds. The van der Waals surface area contributed by atoms with Gasteiger partial charge in [0.05, 0.1) is 0 Å². The molecule has 2 atom stereocenters. The number of hydrogen-bond acceptors (Lipinski definition) is 1. The molecule has 2 unspecified atom stereocenters. The summed E-state index contributed by atoms with van der Waals surface area (Å²) in [5.41, 5.74) is -0.260. The summed E-state index contributed by atoms with van der Waals surface area (Å²) in [5.74, 6) is 0.890. The number of allylic oxidation sites excluding steroid dienone is 4. The van der Waals surface area contributed by atoms with Crippen LogP contribution in [0.4, 0.5) is 0 Å². The average Bonchev–Trinajstić information content (AvgIpc) is 2.72. The third-order valence-electron chi connectivity index (χ3n) is 2.86. The summed E-state index contributed by atoms with van der Waals surface area (Å²) >= 11 is 14.4. The fraction of sp³-hybridized carbons (Fsp3) is 0.300. The van der Waals surface area contributed by atoms with Crippen LogP contribution in [0.15, 0.2) is 35.7 Å². The van der Waals surface area contributed by atoms with Crippen LogP contribution in [0.3, 0.4) is 0 Å². The molecule has 1 heterocycles. The van der Waals surface area contributed by atoms with Gasteiger partial charge in [-0.1, -0.05) is 0 Å². The van der Waals surface area contributed by atoms with E-state index >= 15 is 0 Å². The molecular formula is C10H9Cl2LiN2. The van der Waals surface area contributed by atoms with E-state index in [2.05, 4.69) is 27.7 Å². The molecule has 1 aromatic rings. The second kappa shape index (κ2) is 4.39. The molecule has 2 nitrogen and oxygen atoms in total. The molecule has 1 aliphatic rings. The number of imidazole rings is 1. The van der Waals surface area contributed by atoms with Gasteiger partial charge in [-0.25, -0.2) is 0 Å². The van der Waals surface area contributed by atoms with E-state index in [0.717, 1.165) is 10.9 Å². The molecule has 0 bridgehead atoms. The van der Waals surface area contributed by atoms with Gasteiger partial charge in [0, 0.05) is 0 Å². The first-order valence-corrected chi connectivity index (χ1v) is 5.71. The van der Waals surface area contributed by atoms with Crippen molar-refractivity contribution >= 4 is 40.9 Å². The van der Waals surface area contributed by atoms with Crippen molar-refractivity contribution in [1.29, 1.82) is 0 Å². The zero-order valence-electron chi connectivity index (χ0n) is 8.37. The Balaban J connectivity index is 2.44. The molecule has 0 radical (unpaired) electrons. The van der Waals surface area contributed by atoms with Crippen LogP contribution in [-0.2, 0) is 5.41 Å². The van der Waals surface area contributed by atoms with Gasteiger partial charge in [0.25, 0.3) is 0 Å². The van der Waals surface area contributed by atoms with E-state index in [9.17, 15) is 0 Å². The first-order valence-electron chi connectivity index (χ1n) is 4.89. The average molecular weight is 235 g/mol. The number of hydrogen-bond donors (Lipinski definition) is 1. The summed E-state index contributed by atoms with van der Waals surface area (Å²) < 4.78 is 0. The normalized spacial score (nSPS) is 30.4. The van der Waals surface area contributed by atoms with Crippen molar-refractivity contribution in [3.8, 4) is 0 Å². The van der Waals surface area contributed by atoms with E-state index in [0.29, 0.717) is 5.03 Å². The fourth-order valence-corrected chi connectivity index (χ4v) is 2.59. The van der Waals surface area contributed by atoms with Crippen molar-refractivity contribution in [1.82, 2.24) is 9.97 Å². The van der Waals surface area contributed by atoms with Crippen molar-refractivity contribution in [3.63, 3.8) is 0 Å². The number of H-pyrrole nitrogens is 1. The molecule has 15 heavy (non-hydrogen) atoms. The topological polar surface area (TPSA) is 28.7 Å². The molecule has 1 N–H and O–H groups in total. The van der Waals surface area contributed by atoms with E-state index < -0.39 is 0 Å². The second-order valence-electron chi connectivity index (χ2n) is 3.62. The van der Waals surface area contributed by atoms with E-state index in [1.165, 1.54) is 0 Å². The summed E-state index contributed by atoms with van der Waals surface area (Å²) in [4.78, 5) is 7.42. The third kappa shape index (κ3) is 1.92. The molecule has 0 spiro atoms. The van der Waals surface area contributed by atoms with Gasteiger partial charge < -0.3 is 0 Å². The van der Waals surface area contributed by atoms with Gasteiger partial charge in [-0.3, -0.25) is 0 Å². The van der Waals surface area contributed by atoms with E-state index in [-0.39, 0.29) is 10.8 Å². The number of halogens is 2. The molecule has 0 saturated heterocycles. The Kier molecular flexibility index (Phi) is 3.32. The maximum absolute atomic E-state index is 6.35. The van der Waals surface area contributed by atoms with Crippen LogP contribution in [0, 0.1) is 0 Å². The van der Waals surface area contributed by atoms with Crippen molar-refractivity contribution in [2.75, 3.05) is 0 Å². The molecule has 2 rings (SSSR count). The van der Waals surface area contributed by atoms with E-state index in [4.69, 9.17) is 23.2 Å². The SMILES string of the molecule is [Li][CH2]C1(c2ncc[nH]2)C=CC(Cl)=CC1Cl. The molecule has 5 heteroatoms. The molecule has 1 aliphatic carbocycles. The summed E-state index contributed by atoms with van der Waals surface area (Å²) in [7, 11) is 0. The van der Waals surface area contributed by atoms with Gasteiger partial charge in [-0.2, -0.15) is 0 Å². The Morgan fingerprint density at radius 3 is 2.93 bits per heavy atom. The molecule has 0 aliphatic heterocycles. The minimum absolute atomic E-state index is 0.161. The second-order valence-corrected chi connectivity index (χ2v) is 4.52. The van der Waals surface area contributed by atoms with Crippen molar-refractivity contribution < 1.29 is 0 Å². The van der Waals surface area contributed by atoms with Gasteiger partial charge in [0.2, 0.25) is 0 Å². The number of rotatable bonds is 2. The molecule has 0 aromatic carbocycles. The van der Waals surface area contributed by atoms with Crippen LogP contribution in [0.2, 0.25) is 5.09 Å². The van der Waals surface area contributed by atoms with Gasteiger partial charge >= 0.3 is 108 Å². The predicted molar refractivity (Wildman–Crippen MR) is 63.5 cm³/mol. The van der Waals surface area contributed by atoms with E-state index in [1.54, 1.807) is 6.20 Å². The van der Waals surface area contributed by atoms with Crippen LogP contribution in [0.1, 0.15) is 5.82 Å². The molecular weight excluding hydrogens is 226 g/mol. The molecule has 0 fully saturated rings. The minimum atomic E-state index is -0.260. The zero-order valence-corrected chi connectivity index (χ0v) is 9.89. The number of nitrogens with zero attached hydrogens (tertiary/aromatic N) is 1. The van der Waals surface area contributed by atoms with Gasteiger partial charge in [-0.15, -0.1) is 0 Å². The van der Waals surface area contributed by atoms with E-state index in [1.807, 2.05) is 24.4 Å². The summed E-state index contributed by atoms with van der Waals surface area (Å²) in [6.07, 6.45) is 9.32. The quantitative estimate of drug-likeness (QED) is 0.619. The van der Waals surface area contributed by atoms with Crippen LogP contribution in [-0.4, -0.2) is 33.1 Å². The van der Waals surface area contributed by atoms with Gasteiger partial charge in [0.1, 0.15) is 0 Å². The first kappa shape index (κ1) is 11.4. The van der Waals surface area contributed by atoms with Crippen LogP contribution in [0.25, 0.3) is 0 Å². The maximum atomic E-state index is 6.35. The summed E-state index contributed by atoms with van der Waals surface area (Å²) in [5, 5.41) is 1.41. The Labute approximate surface area is 108 Å². The number of aromatic nitrogens is 2. The van der Waals surface area contributed by atoms with Crippen molar-refractivity contribution in [2.24, 2.45) is 0 Å². The zero-order chi connectivity index (χ0) is 10.9. The van der Waals surface area contributed by atoms with Crippen LogP contribution >= 0.6 is 23.2 Å². The summed E-state index contributed by atoms with van der Waals surface area (Å²) in [6.45, 7) is 0. The van der Waals surface area contributed by atoms with Crippen LogP contribution in [0.5, 0.6) is 0 Å². The Bertz CT molecular complexity index is 400. The van der Waals surface area contributed by atoms with Crippen LogP contribution < -0.4 is 0 Å². The monoisotopic (exact) mass is 234 g/mol. The molecule has 74 valence electrons.